The summed E-state index contributed by atoms with van der Waals surface area (Å²) in [6.07, 6.45) is 7.60. The molecule has 0 aromatic carbocycles. The zero-order valence-electron chi connectivity index (χ0n) is 9.22. The fraction of sp³-hybridized carbons (Fsp3) is 0.333. The largest absolute Gasteiger partial charge is 0.299 e. The zero-order chi connectivity index (χ0) is 11.4. The SMILES string of the molecule is CCCC(=O)Cc1ccc(-n2ccnc2)s1. The van der Waals surface area contributed by atoms with Gasteiger partial charge in [0.25, 0.3) is 0 Å². The van der Waals surface area contributed by atoms with E-state index in [1.54, 1.807) is 23.9 Å². The summed E-state index contributed by atoms with van der Waals surface area (Å²) in [7, 11) is 0. The number of rotatable bonds is 5. The Morgan fingerprint density at radius 3 is 3.06 bits per heavy atom. The third-order valence-corrected chi connectivity index (χ3v) is 3.41. The Balaban J connectivity index is 2.06. The molecule has 2 heterocycles. The molecule has 0 amide bonds. The van der Waals surface area contributed by atoms with Crippen molar-refractivity contribution in [3.8, 4) is 5.00 Å². The van der Waals surface area contributed by atoms with Crippen LogP contribution in [0.3, 0.4) is 0 Å². The van der Waals surface area contributed by atoms with Gasteiger partial charge in [-0.15, -0.1) is 11.3 Å². The van der Waals surface area contributed by atoms with Crippen molar-refractivity contribution in [2.45, 2.75) is 26.2 Å². The van der Waals surface area contributed by atoms with Gasteiger partial charge in [0, 0.05) is 30.1 Å². The van der Waals surface area contributed by atoms with Crippen molar-refractivity contribution < 1.29 is 4.79 Å². The third kappa shape index (κ3) is 2.58. The van der Waals surface area contributed by atoms with Gasteiger partial charge in [-0.3, -0.25) is 9.36 Å². The molecule has 0 saturated carbocycles. The molecule has 2 rings (SSSR count). The molecular weight excluding hydrogens is 220 g/mol. The van der Waals surface area contributed by atoms with Crippen molar-refractivity contribution in [2.75, 3.05) is 0 Å². The fourth-order valence-corrected chi connectivity index (χ4v) is 2.54. The van der Waals surface area contributed by atoms with Crippen molar-refractivity contribution in [1.82, 2.24) is 9.55 Å². The van der Waals surface area contributed by atoms with E-state index in [4.69, 9.17) is 0 Å². The number of Topliss-reactive ketones (excluding diaryl/α,β-unsaturated/α-hetero) is 1. The zero-order valence-corrected chi connectivity index (χ0v) is 10.0. The lowest BCUT2D eigenvalue weighted by atomic mass is 10.1. The molecule has 0 saturated heterocycles. The molecule has 0 spiro atoms. The van der Waals surface area contributed by atoms with E-state index in [2.05, 4.69) is 4.98 Å². The van der Waals surface area contributed by atoms with Crippen LogP contribution in [-0.2, 0) is 11.2 Å². The molecule has 0 bridgehead atoms. The lowest BCUT2D eigenvalue weighted by Gasteiger charge is -1.96. The Labute approximate surface area is 98.8 Å². The average molecular weight is 234 g/mol. The topological polar surface area (TPSA) is 34.9 Å². The molecule has 0 radical (unpaired) electrons. The summed E-state index contributed by atoms with van der Waals surface area (Å²) in [6, 6.07) is 4.05. The first-order valence-electron chi connectivity index (χ1n) is 5.38. The van der Waals surface area contributed by atoms with Gasteiger partial charge < -0.3 is 0 Å². The van der Waals surface area contributed by atoms with E-state index in [9.17, 15) is 4.79 Å². The maximum atomic E-state index is 11.5. The Morgan fingerprint density at radius 1 is 1.50 bits per heavy atom. The summed E-state index contributed by atoms with van der Waals surface area (Å²) in [5, 5.41) is 1.11. The predicted molar refractivity (Wildman–Crippen MR) is 65.1 cm³/mol. The van der Waals surface area contributed by atoms with Crippen LogP contribution in [0.5, 0.6) is 0 Å². The molecule has 0 fully saturated rings. The van der Waals surface area contributed by atoms with Crippen LogP contribution < -0.4 is 0 Å². The lowest BCUT2D eigenvalue weighted by molar-refractivity contribution is -0.118. The first-order valence-corrected chi connectivity index (χ1v) is 6.20. The smallest absolute Gasteiger partial charge is 0.138 e. The Bertz CT molecular complexity index is 459. The van der Waals surface area contributed by atoms with Crippen LogP contribution in [0, 0.1) is 0 Å². The summed E-state index contributed by atoms with van der Waals surface area (Å²) in [4.78, 5) is 16.6. The molecule has 0 N–H and O–H groups in total. The first-order chi connectivity index (χ1) is 7.79. The van der Waals surface area contributed by atoms with Crippen LogP contribution in [0.1, 0.15) is 24.6 Å². The average Bonchev–Trinajstić information content (AvgIpc) is 2.86. The standard InChI is InChI=1S/C12H14N2OS/c1-2-3-10(15)8-11-4-5-12(16-11)14-7-6-13-9-14/h4-7,9H,2-3,8H2,1H3. The van der Waals surface area contributed by atoms with Crippen molar-refractivity contribution in [2.24, 2.45) is 0 Å². The van der Waals surface area contributed by atoms with Crippen LogP contribution in [-0.4, -0.2) is 15.3 Å². The number of hydrogen-bond donors (Lipinski definition) is 0. The quantitative estimate of drug-likeness (QED) is 0.797. The third-order valence-electron chi connectivity index (χ3n) is 2.31. The van der Waals surface area contributed by atoms with Gasteiger partial charge in [0.1, 0.15) is 10.8 Å². The van der Waals surface area contributed by atoms with E-state index in [1.165, 1.54) is 0 Å². The molecule has 2 aromatic heterocycles. The highest BCUT2D eigenvalue weighted by molar-refractivity contribution is 7.14. The van der Waals surface area contributed by atoms with Crippen LogP contribution in [0.15, 0.2) is 30.9 Å². The summed E-state index contributed by atoms with van der Waals surface area (Å²) in [6.45, 7) is 2.03. The van der Waals surface area contributed by atoms with Gasteiger partial charge in [-0.2, -0.15) is 0 Å². The van der Waals surface area contributed by atoms with Gasteiger partial charge in [0.05, 0.1) is 6.33 Å². The Hall–Kier alpha value is -1.42. The van der Waals surface area contributed by atoms with E-state index in [0.717, 1.165) is 16.3 Å². The van der Waals surface area contributed by atoms with E-state index in [0.29, 0.717) is 18.6 Å². The predicted octanol–water partition coefficient (Wildman–Crippen LogP) is 2.85. The van der Waals surface area contributed by atoms with E-state index < -0.39 is 0 Å². The fourth-order valence-electron chi connectivity index (χ4n) is 1.55. The molecule has 0 aliphatic heterocycles. The number of imidazole rings is 1. The number of ketones is 1. The maximum absolute atomic E-state index is 11.5. The number of hydrogen-bond acceptors (Lipinski definition) is 3. The van der Waals surface area contributed by atoms with Crippen molar-refractivity contribution in [1.29, 1.82) is 0 Å². The minimum Gasteiger partial charge on any atom is -0.299 e. The van der Waals surface area contributed by atoms with Gasteiger partial charge in [-0.1, -0.05) is 6.92 Å². The summed E-state index contributed by atoms with van der Waals surface area (Å²) >= 11 is 1.65. The highest BCUT2D eigenvalue weighted by atomic mass is 32.1. The molecule has 2 aromatic rings. The molecule has 4 heteroatoms. The lowest BCUT2D eigenvalue weighted by Crippen LogP contribution is -1.99. The first kappa shape index (κ1) is 11.1. The maximum Gasteiger partial charge on any atom is 0.138 e. The molecule has 84 valence electrons. The van der Waals surface area contributed by atoms with Crippen LogP contribution >= 0.6 is 11.3 Å². The summed E-state index contributed by atoms with van der Waals surface area (Å²) in [5.74, 6) is 0.321. The van der Waals surface area contributed by atoms with Gasteiger partial charge in [-0.05, 0) is 18.6 Å². The number of nitrogens with zero attached hydrogens (tertiary/aromatic N) is 2. The molecule has 0 aliphatic carbocycles. The molecular formula is C12H14N2OS. The van der Waals surface area contributed by atoms with Crippen LogP contribution in [0.4, 0.5) is 0 Å². The summed E-state index contributed by atoms with van der Waals surface area (Å²) in [5.41, 5.74) is 0. The molecule has 0 atom stereocenters. The van der Waals surface area contributed by atoms with E-state index >= 15 is 0 Å². The van der Waals surface area contributed by atoms with Gasteiger partial charge in [-0.25, -0.2) is 4.98 Å². The minimum atomic E-state index is 0.321. The Morgan fingerprint density at radius 2 is 2.38 bits per heavy atom. The van der Waals surface area contributed by atoms with Crippen LogP contribution in [0.2, 0.25) is 0 Å². The molecule has 16 heavy (non-hydrogen) atoms. The van der Waals surface area contributed by atoms with Gasteiger partial charge >= 0.3 is 0 Å². The second kappa shape index (κ2) is 5.07. The minimum absolute atomic E-state index is 0.321. The van der Waals surface area contributed by atoms with Crippen molar-refractivity contribution >= 4 is 17.1 Å². The van der Waals surface area contributed by atoms with Gasteiger partial charge in [0.15, 0.2) is 0 Å². The summed E-state index contributed by atoms with van der Waals surface area (Å²) < 4.78 is 1.96. The highest BCUT2D eigenvalue weighted by Gasteiger charge is 2.06. The van der Waals surface area contributed by atoms with E-state index in [-0.39, 0.29) is 0 Å². The second-order valence-electron chi connectivity index (χ2n) is 3.68. The normalized spacial score (nSPS) is 10.6. The van der Waals surface area contributed by atoms with Gasteiger partial charge in [0.2, 0.25) is 0 Å². The molecule has 3 nitrogen and oxygen atoms in total. The number of carbonyl (C=O) groups excluding carboxylic acids is 1. The van der Waals surface area contributed by atoms with E-state index in [1.807, 2.05) is 29.8 Å². The Kier molecular flexibility index (Phi) is 3.51. The molecule has 0 aliphatic rings. The number of carbonyl (C=O) groups is 1. The number of thiophene rings is 1. The number of aromatic nitrogens is 2. The second-order valence-corrected chi connectivity index (χ2v) is 4.82. The highest BCUT2D eigenvalue weighted by Crippen LogP contribution is 2.21. The monoisotopic (exact) mass is 234 g/mol. The van der Waals surface area contributed by atoms with Crippen molar-refractivity contribution in [3.05, 3.63) is 35.7 Å². The molecule has 0 unspecified atom stereocenters. The van der Waals surface area contributed by atoms with Crippen molar-refractivity contribution in [3.63, 3.8) is 0 Å². The van der Waals surface area contributed by atoms with Crippen LogP contribution in [0.25, 0.3) is 5.00 Å².